The van der Waals surface area contributed by atoms with Crippen LogP contribution in [-0.2, 0) is 11.2 Å². The number of hydrogen-bond acceptors (Lipinski definition) is 1. The van der Waals surface area contributed by atoms with Gasteiger partial charge in [-0.05, 0) is 5.56 Å². The smallest absolute Gasteiger partial charge is 0.307 e. The van der Waals surface area contributed by atoms with E-state index in [-0.39, 0.29) is 5.56 Å². The number of carbonyl (C=O) groups is 1. The van der Waals surface area contributed by atoms with E-state index in [4.69, 9.17) is 5.11 Å². The molecular weight excluding hydrogens is 197 g/mol. The topological polar surface area (TPSA) is 37.3 Å². The normalized spacial score (nSPS) is 10.6. The van der Waals surface area contributed by atoms with E-state index in [1.165, 1.54) is 12.1 Å². The number of hydrogen-bond donors (Lipinski definition) is 1. The summed E-state index contributed by atoms with van der Waals surface area (Å²) >= 11 is 0. The van der Waals surface area contributed by atoms with E-state index in [1.807, 2.05) is 0 Å². The molecular formula is C9H7F3O2. The maximum Gasteiger partial charge on any atom is 0.307 e. The Hall–Kier alpha value is -1.52. The molecule has 1 aromatic rings. The van der Waals surface area contributed by atoms with E-state index in [9.17, 15) is 18.0 Å². The average Bonchev–Trinajstić information content (AvgIpc) is 2.07. The summed E-state index contributed by atoms with van der Waals surface area (Å²) in [5.41, 5.74) is -0.987. The Labute approximate surface area is 78.0 Å². The highest BCUT2D eigenvalue weighted by atomic mass is 19.3. The second-order valence-electron chi connectivity index (χ2n) is 2.69. The summed E-state index contributed by atoms with van der Waals surface area (Å²) in [6, 6.07) is 3.32. The van der Waals surface area contributed by atoms with Crippen molar-refractivity contribution >= 4 is 5.97 Å². The summed E-state index contributed by atoms with van der Waals surface area (Å²) in [4.78, 5) is 10.2. The van der Waals surface area contributed by atoms with Gasteiger partial charge in [0.25, 0.3) is 6.43 Å². The Balaban J connectivity index is 3.07. The number of halogens is 3. The largest absolute Gasteiger partial charge is 0.481 e. The van der Waals surface area contributed by atoms with Gasteiger partial charge in [-0.15, -0.1) is 0 Å². The third-order valence-corrected chi connectivity index (χ3v) is 1.69. The molecule has 1 aromatic carbocycles. The molecule has 14 heavy (non-hydrogen) atoms. The fourth-order valence-electron chi connectivity index (χ4n) is 1.07. The van der Waals surface area contributed by atoms with Gasteiger partial charge in [-0.1, -0.05) is 18.2 Å². The van der Waals surface area contributed by atoms with Crippen LogP contribution in [0.15, 0.2) is 18.2 Å². The number of aliphatic carboxylic acids is 1. The molecule has 1 rings (SSSR count). The van der Waals surface area contributed by atoms with Crippen LogP contribution in [0.4, 0.5) is 13.2 Å². The van der Waals surface area contributed by atoms with E-state index in [2.05, 4.69) is 0 Å². The van der Waals surface area contributed by atoms with Gasteiger partial charge in [0.2, 0.25) is 0 Å². The van der Waals surface area contributed by atoms with Crippen molar-refractivity contribution in [1.82, 2.24) is 0 Å². The fraction of sp³-hybridized carbons (Fsp3) is 0.222. The number of benzene rings is 1. The van der Waals surface area contributed by atoms with Crippen molar-refractivity contribution in [3.63, 3.8) is 0 Å². The lowest BCUT2D eigenvalue weighted by atomic mass is 10.1. The van der Waals surface area contributed by atoms with Crippen LogP contribution >= 0.6 is 0 Å². The minimum absolute atomic E-state index is 0.227. The Bertz CT molecular complexity index is 350. The van der Waals surface area contributed by atoms with Crippen LogP contribution in [0.25, 0.3) is 0 Å². The Morgan fingerprint density at radius 1 is 1.43 bits per heavy atom. The van der Waals surface area contributed by atoms with E-state index in [0.29, 0.717) is 0 Å². The summed E-state index contributed by atoms with van der Waals surface area (Å²) in [5.74, 6) is -2.39. The van der Waals surface area contributed by atoms with Crippen LogP contribution in [0.1, 0.15) is 17.6 Å². The Kier molecular flexibility index (Phi) is 3.11. The molecule has 0 saturated carbocycles. The molecule has 0 unspecified atom stereocenters. The Morgan fingerprint density at radius 3 is 2.57 bits per heavy atom. The number of carboxylic acid groups (broad SMARTS) is 1. The zero-order valence-corrected chi connectivity index (χ0v) is 7.01. The van der Waals surface area contributed by atoms with E-state index in [1.54, 1.807) is 0 Å². The lowest BCUT2D eigenvalue weighted by Gasteiger charge is -2.05. The molecule has 5 heteroatoms. The lowest BCUT2D eigenvalue weighted by Crippen LogP contribution is -2.04. The van der Waals surface area contributed by atoms with Crippen LogP contribution in [0.3, 0.4) is 0 Å². The summed E-state index contributed by atoms with van der Waals surface area (Å²) in [6.07, 6.45) is -3.52. The first-order valence-electron chi connectivity index (χ1n) is 3.79. The molecule has 0 aliphatic heterocycles. The van der Waals surface area contributed by atoms with Crippen molar-refractivity contribution in [1.29, 1.82) is 0 Å². The zero-order chi connectivity index (χ0) is 10.7. The molecule has 0 aromatic heterocycles. The highest BCUT2D eigenvalue weighted by molar-refractivity contribution is 5.70. The molecule has 0 radical (unpaired) electrons. The van der Waals surface area contributed by atoms with Crippen LogP contribution < -0.4 is 0 Å². The molecule has 0 amide bonds. The van der Waals surface area contributed by atoms with Gasteiger partial charge >= 0.3 is 5.97 Å². The first-order valence-corrected chi connectivity index (χ1v) is 3.79. The van der Waals surface area contributed by atoms with Gasteiger partial charge in [-0.2, -0.15) is 0 Å². The Morgan fingerprint density at radius 2 is 2.07 bits per heavy atom. The molecule has 0 spiro atoms. The van der Waals surface area contributed by atoms with Crippen molar-refractivity contribution in [3.05, 3.63) is 35.1 Å². The van der Waals surface area contributed by atoms with Crippen molar-refractivity contribution in [3.8, 4) is 0 Å². The van der Waals surface area contributed by atoms with Crippen molar-refractivity contribution in [2.24, 2.45) is 0 Å². The molecule has 76 valence electrons. The molecule has 0 saturated heterocycles. The zero-order valence-electron chi connectivity index (χ0n) is 7.01. The molecule has 0 atom stereocenters. The van der Waals surface area contributed by atoms with Gasteiger partial charge in [-0.25, -0.2) is 13.2 Å². The van der Waals surface area contributed by atoms with Gasteiger partial charge in [0.1, 0.15) is 5.82 Å². The minimum atomic E-state index is -2.93. The quantitative estimate of drug-likeness (QED) is 0.820. The maximum absolute atomic E-state index is 13.1. The van der Waals surface area contributed by atoms with Crippen LogP contribution in [-0.4, -0.2) is 11.1 Å². The molecule has 0 bridgehead atoms. The second-order valence-corrected chi connectivity index (χ2v) is 2.69. The molecule has 0 fully saturated rings. The molecule has 0 aliphatic carbocycles. The van der Waals surface area contributed by atoms with Crippen molar-refractivity contribution < 1.29 is 23.1 Å². The highest BCUT2D eigenvalue weighted by Gasteiger charge is 2.16. The number of rotatable bonds is 3. The second kappa shape index (κ2) is 4.13. The average molecular weight is 204 g/mol. The first kappa shape index (κ1) is 10.6. The number of carboxylic acids is 1. The van der Waals surface area contributed by atoms with Gasteiger partial charge in [0, 0.05) is 0 Å². The van der Waals surface area contributed by atoms with Gasteiger partial charge in [0.05, 0.1) is 12.0 Å². The first-order chi connectivity index (χ1) is 6.52. The monoisotopic (exact) mass is 204 g/mol. The summed E-state index contributed by atoms with van der Waals surface area (Å²) in [6.45, 7) is 0. The lowest BCUT2D eigenvalue weighted by molar-refractivity contribution is -0.136. The van der Waals surface area contributed by atoms with Crippen LogP contribution in [0.2, 0.25) is 0 Å². The van der Waals surface area contributed by atoms with Crippen LogP contribution in [0, 0.1) is 5.82 Å². The summed E-state index contributed by atoms with van der Waals surface area (Å²) in [5, 5.41) is 8.37. The fourth-order valence-corrected chi connectivity index (χ4v) is 1.07. The molecule has 0 aliphatic rings. The van der Waals surface area contributed by atoms with Crippen molar-refractivity contribution in [2.75, 3.05) is 0 Å². The third kappa shape index (κ3) is 2.25. The maximum atomic E-state index is 13.1. The standard InChI is InChI=1S/C9H7F3O2/c10-8-5(4-7(13)14)2-1-3-6(8)9(11)12/h1-3,9H,4H2,(H,13,14). The highest BCUT2D eigenvalue weighted by Crippen LogP contribution is 2.24. The minimum Gasteiger partial charge on any atom is -0.481 e. The predicted molar refractivity (Wildman–Crippen MR) is 42.7 cm³/mol. The van der Waals surface area contributed by atoms with E-state index < -0.39 is 30.2 Å². The SMILES string of the molecule is O=C(O)Cc1cccc(C(F)F)c1F. The number of alkyl halides is 2. The molecule has 0 heterocycles. The molecule has 2 nitrogen and oxygen atoms in total. The van der Waals surface area contributed by atoms with Crippen LogP contribution in [0.5, 0.6) is 0 Å². The van der Waals surface area contributed by atoms with E-state index >= 15 is 0 Å². The van der Waals surface area contributed by atoms with Crippen molar-refractivity contribution in [2.45, 2.75) is 12.8 Å². The van der Waals surface area contributed by atoms with Gasteiger partial charge in [0.15, 0.2) is 0 Å². The summed E-state index contributed by atoms with van der Waals surface area (Å²) < 4.78 is 37.5. The van der Waals surface area contributed by atoms with Gasteiger partial charge < -0.3 is 5.11 Å². The summed E-state index contributed by atoms with van der Waals surface area (Å²) in [7, 11) is 0. The van der Waals surface area contributed by atoms with Gasteiger partial charge in [-0.3, -0.25) is 4.79 Å². The van der Waals surface area contributed by atoms with E-state index in [0.717, 1.165) is 6.07 Å². The molecule has 1 N–H and O–H groups in total. The third-order valence-electron chi connectivity index (χ3n) is 1.69. The predicted octanol–water partition coefficient (Wildman–Crippen LogP) is 2.39.